The van der Waals surface area contributed by atoms with Gasteiger partial charge in [0.2, 0.25) is 6.41 Å². The number of hydrogen-bond acceptors (Lipinski definition) is 2. The number of aromatic nitrogens is 2. The van der Waals surface area contributed by atoms with Gasteiger partial charge in [-0.2, -0.15) is 0 Å². The molecule has 0 spiro atoms. The molecule has 23 heavy (non-hydrogen) atoms. The molecule has 1 amide bonds. The number of rotatable bonds is 2. The van der Waals surface area contributed by atoms with Gasteiger partial charge in [0.25, 0.3) is 0 Å². The third-order valence-corrected chi connectivity index (χ3v) is 4.97. The van der Waals surface area contributed by atoms with Gasteiger partial charge in [0.15, 0.2) is 0 Å². The maximum Gasteiger partial charge on any atom is 0.207 e. The molecule has 0 bridgehead atoms. The Labute approximate surface area is 135 Å². The van der Waals surface area contributed by atoms with Gasteiger partial charge in [-0.3, -0.25) is 9.78 Å². The Morgan fingerprint density at radius 1 is 1.35 bits per heavy atom. The first-order valence-corrected chi connectivity index (χ1v) is 8.10. The molecule has 118 valence electrons. The first-order valence-electron chi connectivity index (χ1n) is 8.10. The fourth-order valence-corrected chi connectivity index (χ4v) is 4.07. The smallest absolute Gasteiger partial charge is 0.207 e. The molecule has 4 heteroatoms. The molecule has 0 saturated carbocycles. The number of nitrogens with one attached hydrogen (secondary N) is 2. The van der Waals surface area contributed by atoms with E-state index in [1.807, 2.05) is 6.07 Å². The second-order valence-electron chi connectivity index (χ2n) is 7.36. The number of aryl methyl sites for hydroxylation is 1. The summed E-state index contributed by atoms with van der Waals surface area (Å²) in [6.07, 6.45) is 2.68. The highest BCUT2D eigenvalue weighted by molar-refractivity contribution is 6.10. The number of H-pyrrole nitrogens is 1. The van der Waals surface area contributed by atoms with Gasteiger partial charge in [-0.15, -0.1) is 0 Å². The molecule has 0 fully saturated rings. The Hall–Kier alpha value is -2.36. The summed E-state index contributed by atoms with van der Waals surface area (Å²) in [4.78, 5) is 19.5. The molecule has 2 aromatic heterocycles. The lowest BCUT2D eigenvalue weighted by Gasteiger charge is -2.36. The van der Waals surface area contributed by atoms with E-state index in [0.717, 1.165) is 41.7 Å². The molecule has 0 radical (unpaired) electrons. The Kier molecular flexibility index (Phi) is 2.98. The molecule has 1 aliphatic rings. The molecule has 2 heterocycles. The second-order valence-corrected chi connectivity index (χ2v) is 7.36. The predicted molar refractivity (Wildman–Crippen MR) is 92.4 cm³/mol. The first kappa shape index (κ1) is 14.2. The number of carbonyl (C=O) groups is 1. The first-order chi connectivity index (χ1) is 11.0. The summed E-state index contributed by atoms with van der Waals surface area (Å²) in [5.74, 6) is 0. The summed E-state index contributed by atoms with van der Waals surface area (Å²) >= 11 is 0. The summed E-state index contributed by atoms with van der Waals surface area (Å²) in [6.45, 7) is 6.54. The summed E-state index contributed by atoms with van der Waals surface area (Å²) in [5, 5.41) is 5.46. The van der Waals surface area contributed by atoms with E-state index < -0.39 is 0 Å². The molecular weight excluding hydrogens is 286 g/mol. The number of aromatic amines is 1. The van der Waals surface area contributed by atoms with Crippen molar-refractivity contribution in [2.24, 2.45) is 5.41 Å². The number of carbonyl (C=O) groups excluding carboxylic acids is 1. The molecule has 4 nitrogen and oxygen atoms in total. The molecule has 4 rings (SSSR count). The van der Waals surface area contributed by atoms with Crippen LogP contribution in [0.3, 0.4) is 0 Å². The molecule has 3 aromatic rings. The third kappa shape index (κ3) is 2.12. The largest absolute Gasteiger partial charge is 0.353 e. The van der Waals surface area contributed by atoms with Crippen molar-refractivity contribution in [1.82, 2.24) is 15.3 Å². The standard InChI is InChI=1S/C19H21N3O/c1-11-18-16(12-6-4-5-7-13(12)22-18)17-14(20-10-23)8-19(2,3)9-15(17)21-11/h4-7,10,14,22H,8-9H2,1-3H3,(H,20,23)/t14-/m0/s1. The summed E-state index contributed by atoms with van der Waals surface area (Å²) in [5.41, 5.74) is 5.67. The molecule has 2 N–H and O–H groups in total. The number of hydrogen-bond donors (Lipinski definition) is 2. The van der Waals surface area contributed by atoms with Gasteiger partial charge in [-0.1, -0.05) is 32.0 Å². The molecule has 1 atom stereocenters. The quantitative estimate of drug-likeness (QED) is 0.708. The highest BCUT2D eigenvalue weighted by Crippen LogP contribution is 2.44. The minimum Gasteiger partial charge on any atom is -0.353 e. The monoisotopic (exact) mass is 307 g/mol. The zero-order valence-corrected chi connectivity index (χ0v) is 13.7. The van der Waals surface area contributed by atoms with Crippen molar-refractivity contribution >= 4 is 28.2 Å². The van der Waals surface area contributed by atoms with Crippen LogP contribution in [0, 0.1) is 12.3 Å². The SMILES string of the molecule is Cc1nc2c(c3c1[nH]c1ccccc13)[C@@H](NC=O)CC(C)(C)C2. The van der Waals surface area contributed by atoms with E-state index in [9.17, 15) is 4.79 Å². The van der Waals surface area contributed by atoms with Crippen LogP contribution in [0.4, 0.5) is 0 Å². The van der Waals surface area contributed by atoms with Crippen LogP contribution in [0.1, 0.15) is 43.3 Å². The molecular formula is C19H21N3O. The Morgan fingerprint density at radius 3 is 2.91 bits per heavy atom. The maximum absolute atomic E-state index is 11.2. The van der Waals surface area contributed by atoms with Crippen LogP contribution in [-0.2, 0) is 11.2 Å². The van der Waals surface area contributed by atoms with Crippen molar-refractivity contribution in [2.45, 2.75) is 39.7 Å². The zero-order chi connectivity index (χ0) is 16.2. The van der Waals surface area contributed by atoms with Crippen molar-refractivity contribution in [1.29, 1.82) is 0 Å². The predicted octanol–water partition coefficient (Wildman–Crippen LogP) is 3.78. The van der Waals surface area contributed by atoms with Crippen molar-refractivity contribution in [3.05, 3.63) is 41.2 Å². The second kappa shape index (κ2) is 4.82. The number of nitrogens with zero attached hydrogens (tertiary/aromatic N) is 1. The average Bonchev–Trinajstić information content (AvgIpc) is 2.86. The average molecular weight is 307 g/mol. The maximum atomic E-state index is 11.2. The van der Waals surface area contributed by atoms with Crippen molar-refractivity contribution in [2.75, 3.05) is 0 Å². The number of benzene rings is 1. The van der Waals surface area contributed by atoms with Crippen LogP contribution in [-0.4, -0.2) is 16.4 Å². The van der Waals surface area contributed by atoms with E-state index in [1.54, 1.807) is 0 Å². The molecule has 0 unspecified atom stereocenters. The lowest BCUT2D eigenvalue weighted by atomic mass is 9.73. The molecule has 0 aliphatic heterocycles. The fraction of sp³-hybridized carbons (Fsp3) is 0.368. The van der Waals surface area contributed by atoms with E-state index in [0.29, 0.717) is 0 Å². The molecule has 1 aliphatic carbocycles. The van der Waals surface area contributed by atoms with Gasteiger partial charge in [0.05, 0.1) is 17.3 Å². The minimum absolute atomic E-state index is 0.0149. The molecule has 1 aromatic carbocycles. The fourth-order valence-electron chi connectivity index (χ4n) is 4.07. The number of pyridine rings is 1. The number of amides is 1. The summed E-state index contributed by atoms with van der Waals surface area (Å²) in [7, 11) is 0. The van der Waals surface area contributed by atoms with Crippen LogP contribution in [0.2, 0.25) is 0 Å². The van der Waals surface area contributed by atoms with Crippen LogP contribution >= 0.6 is 0 Å². The van der Waals surface area contributed by atoms with Crippen LogP contribution in [0.15, 0.2) is 24.3 Å². The van der Waals surface area contributed by atoms with Gasteiger partial charge < -0.3 is 10.3 Å². The van der Waals surface area contributed by atoms with Gasteiger partial charge >= 0.3 is 0 Å². The summed E-state index contributed by atoms with van der Waals surface area (Å²) in [6, 6.07) is 8.35. The topological polar surface area (TPSA) is 57.8 Å². The van der Waals surface area contributed by atoms with E-state index in [1.165, 1.54) is 16.3 Å². The van der Waals surface area contributed by atoms with E-state index in [4.69, 9.17) is 4.98 Å². The Morgan fingerprint density at radius 2 is 2.13 bits per heavy atom. The van der Waals surface area contributed by atoms with Crippen LogP contribution < -0.4 is 5.32 Å². The zero-order valence-electron chi connectivity index (χ0n) is 13.7. The van der Waals surface area contributed by atoms with Crippen LogP contribution in [0.25, 0.3) is 21.8 Å². The lowest BCUT2D eigenvalue weighted by molar-refractivity contribution is -0.110. The third-order valence-electron chi connectivity index (χ3n) is 4.97. The Balaban J connectivity index is 2.11. The minimum atomic E-state index is 0.0149. The van der Waals surface area contributed by atoms with Gasteiger partial charge in [-0.05, 0) is 31.2 Å². The normalized spacial score (nSPS) is 19.7. The van der Waals surface area contributed by atoms with E-state index in [-0.39, 0.29) is 11.5 Å². The lowest BCUT2D eigenvalue weighted by Crippen LogP contribution is -2.33. The van der Waals surface area contributed by atoms with Crippen LogP contribution in [0.5, 0.6) is 0 Å². The van der Waals surface area contributed by atoms with Gasteiger partial charge in [0.1, 0.15) is 0 Å². The van der Waals surface area contributed by atoms with Crippen molar-refractivity contribution < 1.29 is 4.79 Å². The Bertz CT molecular complexity index is 923. The molecule has 0 saturated heterocycles. The van der Waals surface area contributed by atoms with Crippen molar-refractivity contribution in [3.8, 4) is 0 Å². The van der Waals surface area contributed by atoms with E-state index in [2.05, 4.69) is 49.3 Å². The number of fused-ring (bicyclic) bond motifs is 5. The number of para-hydroxylation sites is 1. The van der Waals surface area contributed by atoms with E-state index >= 15 is 0 Å². The summed E-state index contributed by atoms with van der Waals surface area (Å²) < 4.78 is 0. The van der Waals surface area contributed by atoms with Crippen molar-refractivity contribution in [3.63, 3.8) is 0 Å². The highest BCUT2D eigenvalue weighted by atomic mass is 16.1. The highest BCUT2D eigenvalue weighted by Gasteiger charge is 2.35. The van der Waals surface area contributed by atoms with Gasteiger partial charge in [0, 0.05) is 27.5 Å². The van der Waals surface area contributed by atoms with Gasteiger partial charge in [-0.25, -0.2) is 0 Å².